The van der Waals surface area contributed by atoms with Crippen LogP contribution in [0.1, 0.15) is 28.4 Å². The van der Waals surface area contributed by atoms with E-state index < -0.39 is 16.0 Å². The Bertz CT molecular complexity index is 814. The van der Waals surface area contributed by atoms with Crippen molar-refractivity contribution in [1.82, 2.24) is 4.72 Å². The van der Waals surface area contributed by atoms with E-state index in [1.54, 1.807) is 24.3 Å². The van der Waals surface area contributed by atoms with Crippen molar-refractivity contribution >= 4 is 16.0 Å². The molecule has 0 aromatic heterocycles. The molecule has 0 aliphatic carbocycles. The Balaban J connectivity index is 1.79. The standard InChI is InChI=1S/C19H23NO5S/c1-3-15-6-10-18(11-7-15)25-13-12-20-26(22,23)14-16-4-8-17(9-5-16)19(21)24-2/h4-11,20H,3,12-14H2,1-2H3. The molecule has 0 saturated heterocycles. The number of nitrogens with one attached hydrogen (secondary N) is 1. The third kappa shape index (κ3) is 6.16. The summed E-state index contributed by atoms with van der Waals surface area (Å²) in [5, 5.41) is 0. The number of rotatable bonds is 9. The van der Waals surface area contributed by atoms with Gasteiger partial charge in [0.25, 0.3) is 0 Å². The number of methoxy groups -OCH3 is 1. The summed E-state index contributed by atoms with van der Waals surface area (Å²) in [5.41, 5.74) is 2.18. The molecule has 0 unspecified atom stereocenters. The second-order valence-electron chi connectivity index (χ2n) is 5.69. The highest BCUT2D eigenvalue weighted by atomic mass is 32.2. The van der Waals surface area contributed by atoms with Crippen molar-refractivity contribution in [2.24, 2.45) is 0 Å². The Hall–Kier alpha value is -2.38. The van der Waals surface area contributed by atoms with Gasteiger partial charge in [0.1, 0.15) is 12.4 Å². The van der Waals surface area contributed by atoms with Crippen molar-refractivity contribution in [2.45, 2.75) is 19.1 Å². The van der Waals surface area contributed by atoms with Gasteiger partial charge in [0.15, 0.2) is 0 Å². The van der Waals surface area contributed by atoms with Crippen LogP contribution < -0.4 is 9.46 Å². The fourth-order valence-electron chi connectivity index (χ4n) is 2.31. The Morgan fingerprint density at radius 2 is 1.62 bits per heavy atom. The molecule has 26 heavy (non-hydrogen) atoms. The molecule has 1 N–H and O–H groups in total. The molecule has 0 amide bonds. The number of sulfonamides is 1. The van der Waals surface area contributed by atoms with Gasteiger partial charge in [-0.3, -0.25) is 0 Å². The number of esters is 1. The summed E-state index contributed by atoms with van der Waals surface area (Å²) >= 11 is 0. The lowest BCUT2D eigenvalue weighted by Crippen LogP contribution is -2.29. The van der Waals surface area contributed by atoms with Gasteiger partial charge in [-0.15, -0.1) is 0 Å². The van der Waals surface area contributed by atoms with E-state index in [0.29, 0.717) is 16.9 Å². The molecular weight excluding hydrogens is 354 g/mol. The normalized spacial score (nSPS) is 11.2. The van der Waals surface area contributed by atoms with Crippen molar-refractivity contribution in [3.63, 3.8) is 0 Å². The molecule has 2 aromatic rings. The van der Waals surface area contributed by atoms with E-state index in [-0.39, 0.29) is 18.9 Å². The summed E-state index contributed by atoms with van der Waals surface area (Å²) in [7, 11) is -2.19. The number of benzene rings is 2. The predicted octanol–water partition coefficient (Wildman–Crippen LogP) is 2.53. The third-order valence-corrected chi connectivity index (χ3v) is 5.11. The average Bonchev–Trinajstić information content (AvgIpc) is 2.65. The van der Waals surface area contributed by atoms with Crippen LogP contribution in [0.25, 0.3) is 0 Å². The van der Waals surface area contributed by atoms with Gasteiger partial charge in [-0.2, -0.15) is 0 Å². The Kier molecular flexibility index (Phi) is 7.17. The minimum absolute atomic E-state index is 0.167. The number of hydrogen-bond acceptors (Lipinski definition) is 5. The molecule has 6 nitrogen and oxygen atoms in total. The topological polar surface area (TPSA) is 81.7 Å². The number of carbonyl (C=O) groups excluding carboxylic acids is 1. The molecule has 0 aliphatic heterocycles. The zero-order chi connectivity index (χ0) is 19.0. The van der Waals surface area contributed by atoms with Gasteiger partial charge in [-0.1, -0.05) is 31.2 Å². The molecule has 2 aromatic carbocycles. The van der Waals surface area contributed by atoms with Crippen LogP contribution >= 0.6 is 0 Å². The number of carbonyl (C=O) groups is 1. The molecule has 140 valence electrons. The van der Waals surface area contributed by atoms with E-state index in [1.165, 1.54) is 12.7 Å². The Labute approximate surface area is 154 Å². The first kappa shape index (κ1) is 19.9. The first-order chi connectivity index (χ1) is 12.4. The van der Waals surface area contributed by atoms with Crippen LogP contribution in [0.15, 0.2) is 48.5 Å². The van der Waals surface area contributed by atoms with Crippen molar-refractivity contribution < 1.29 is 22.7 Å². The van der Waals surface area contributed by atoms with Crippen LogP contribution in [0.5, 0.6) is 5.75 Å². The van der Waals surface area contributed by atoms with Gasteiger partial charge in [0.05, 0.1) is 18.4 Å². The average molecular weight is 377 g/mol. The highest BCUT2D eigenvalue weighted by Crippen LogP contribution is 2.12. The first-order valence-electron chi connectivity index (χ1n) is 8.30. The summed E-state index contributed by atoms with van der Waals surface area (Å²) < 4.78 is 36.9. The highest BCUT2D eigenvalue weighted by Gasteiger charge is 2.12. The molecule has 0 aliphatic rings. The molecule has 0 radical (unpaired) electrons. The second-order valence-corrected chi connectivity index (χ2v) is 7.49. The minimum atomic E-state index is -3.48. The lowest BCUT2D eigenvalue weighted by molar-refractivity contribution is 0.0600. The van der Waals surface area contributed by atoms with E-state index in [9.17, 15) is 13.2 Å². The summed E-state index contributed by atoms with van der Waals surface area (Å²) in [6, 6.07) is 14.0. The summed E-state index contributed by atoms with van der Waals surface area (Å²) in [5.74, 6) is 0.0843. The van der Waals surface area contributed by atoms with Crippen molar-refractivity contribution in [1.29, 1.82) is 0 Å². The number of aryl methyl sites for hydroxylation is 1. The largest absolute Gasteiger partial charge is 0.492 e. The predicted molar refractivity (Wildman–Crippen MR) is 99.7 cm³/mol. The van der Waals surface area contributed by atoms with Crippen molar-refractivity contribution in [3.8, 4) is 5.75 Å². The molecular formula is C19H23NO5S. The Morgan fingerprint density at radius 3 is 2.19 bits per heavy atom. The maximum Gasteiger partial charge on any atom is 0.337 e. The van der Waals surface area contributed by atoms with Crippen molar-refractivity contribution in [2.75, 3.05) is 20.3 Å². The van der Waals surface area contributed by atoms with Crippen LogP contribution in [-0.4, -0.2) is 34.6 Å². The van der Waals surface area contributed by atoms with Gasteiger partial charge in [0, 0.05) is 6.54 Å². The van der Waals surface area contributed by atoms with Gasteiger partial charge in [0.2, 0.25) is 10.0 Å². The molecule has 0 bridgehead atoms. The van der Waals surface area contributed by atoms with E-state index >= 15 is 0 Å². The number of ether oxygens (including phenoxy) is 2. The Morgan fingerprint density at radius 1 is 1.00 bits per heavy atom. The smallest absolute Gasteiger partial charge is 0.337 e. The van der Waals surface area contributed by atoms with Gasteiger partial charge in [-0.05, 0) is 41.8 Å². The monoisotopic (exact) mass is 377 g/mol. The fourth-order valence-corrected chi connectivity index (χ4v) is 3.44. The molecule has 7 heteroatoms. The summed E-state index contributed by atoms with van der Waals surface area (Å²) in [4.78, 5) is 11.4. The quantitative estimate of drug-likeness (QED) is 0.536. The molecule has 0 fully saturated rings. The zero-order valence-corrected chi connectivity index (χ0v) is 15.7. The van der Waals surface area contributed by atoms with E-state index in [0.717, 1.165) is 6.42 Å². The minimum Gasteiger partial charge on any atom is -0.492 e. The molecule has 0 atom stereocenters. The molecule has 0 heterocycles. The molecule has 2 rings (SSSR count). The van der Waals surface area contributed by atoms with Crippen LogP contribution in [0, 0.1) is 0 Å². The van der Waals surface area contributed by atoms with Gasteiger partial charge >= 0.3 is 5.97 Å². The second kappa shape index (κ2) is 9.35. The lowest BCUT2D eigenvalue weighted by Gasteiger charge is -2.09. The maximum atomic E-state index is 12.1. The third-order valence-electron chi connectivity index (χ3n) is 3.76. The SMILES string of the molecule is CCc1ccc(OCCNS(=O)(=O)Cc2ccc(C(=O)OC)cc2)cc1. The van der Waals surface area contributed by atoms with Crippen LogP contribution in [0.2, 0.25) is 0 Å². The number of hydrogen-bond donors (Lipinski definition) is 1. The highest BCUT2D eigenvalue weighted by molar-refractivity contribution is 7.88. The van der Waals surface area contributed by atoms with E-state index in [4.69, 9.17) is 4.74 Å². The maximum absolute atomic E-state index is 12.1. The van der Waals surface area contributed by atoms with E-state index in [2.05, 4.69) is 16.4 Å². The first-order valence-corrected chi connectivity index (χ1v) is 9.95. The van der Waals surface area contributed by atoms with Crippen LogP contribution in [-0.2, 0) is 26.9 Å². The van der Waals surface area contributed by atoms with Crippen LogP contribution in [0.3, 0.4) is 0 Å². The molecule has 0 spiro atoms. The van der Waals surface area contributed by atoms with Crippen LogP contribution in [0.4, 0.5) is 0 Å². The summed E-state index contributed by atoms with van der Waals surface area (Å²) in [6.45, 7) is 2.50. The van der Waals surface area contributed by atoms with Gasteiger partial charge < -0.3 is 9.47 Å². The lowest BCUT2D eigenvalue weighted by atomic mass is 10.1. The fraction of sp³-hybridized carbons (Fsp3) is 0.316. The van der Waals surface area contributed by atoms with Crippen molar-refractivity contribution in [3.05, 3.63) is 65.2 Å². The molecule has 0 saturated carbocycles. The zero-order valence-electron chi connectivity index (χ0n) is 14.9. The van der Waals surface area contributed by atoms with Gasteiger partial charge in [-0.25, -0.2) is 17.9 Å². The summed E-state index contributed by atoms with van der Waals surface area (Å²) in [6.07, 6.45) is 0.959. The van der Waals surface area contributed by atoms with E-state index in [1.807, 2.05) is 24.3 Å².